The summed E-state index contributed by atoms with van der Waals surface area (Å²) in [5.74, 6) is -0.658. The lowest BCUT2D eigenvalue weighted by Gasteiger charge is -2.22. The number of hydrogen-bond acceptors (Lipinski definition) is 8. The first-order valence-electron chi connectivity index (χ1n) is 10.3. The van der Waals surface area contributed by atoms with E-state index < -0.39 is 17.5 Å². The van der Waals surface area contributed by atoms with E-state index in [1.165, 1.54) is 29.8 Å². The van der Waals surface area contributed by atoms with Gasteiger partial charge in [-0.15, -0.1) is 11.3 Å². The van der Waals surface area contributed by atoms with Crippen LogP contribution in [-0.2, 0) is 9.47 Å². The molecule has 3 heterocycles. The molecule has 2 aliphatic rings. The summed E-state index contributed by atoms with van der Waals surface area (Å²) in [7, 11) is 0. The van der Waals surface area contributed by atoms with E-state index in [-0.39, 0.29) is 18.3 Å². The molecule has 1 saturated heterocycles. The zero-order valence-corrected chi connectivity index (χ0v) is 18.7. The largest absolute Gasteiger partial charge is 0.488 e. The molecule has 1 amide bonds. The lowest BCUT2D eigenvalue weighted by atomic mass is 10.2. The molecule has 10 heteroatoms. The van der Waals surface area contributed by atoms with Crippen molar-refractivity contribution in [3.63, 3.8) is 0 Å². The van der Waals surface area contributed by atoms with Gasteiger partial charge in [0, 0.05) is 18.9 Å². The van der Waals surface area contributed by atoms with Gasteiger partial charge in [0.15, 0.2) is 5.79 Å². The fourth-order valence-electron chi connectivity index (χ4n) is 4.42. The number of nitrogens with two attached hydrogens (primary N) is 1. The van der Waals surface area contributed by atoms with Crippen molar-refractivity contribution in [2.24, 2.45) is 5.73 Å². The quantitative estimate of drug-likeness (QED) is 0.594. The highest BCUT2D eigenvalue weighted by atomic mass is 32.1. The Morgan fingerprint density at radius 1 is 1.28 bits per heavy atom. The molecule has 32 heavy (non-hydrogen) atoms. The van der Waals surface area contributed by atoms with E-state index in [2.05, 4.69) is 15.3 Å². The zero-order chi connectivity index (χ0) is 22.6. The molecule has 1 aliphatic heterocycles. The number of anilines is 2. The summed E-state index contributed by atoms with van der Waals surface area (Å²) in [5.41, 5.74) is 6.74. The van der Waals surface area contributed by atoms with Crippen LogP contribution in [-0.4, -0.2) is 40.0 Å². The van der Waals surface area contributed by atoms with Crippen LogP contribution in [0.1, 0.15) is 41.9 Å². The SMILES string of the molecule is Cc1c(C(N)=O)sc2ncnc(Nc3ccc(F)cc3OC3CC4OC(C)(C)OC4C3)c12. The van der Waals surface area contributed by atoms with Crippen LogP contribution in [0.4, 0.5) is 15.9 Å². The number of ether oxygens (including phenoxy) is 3. The Kier molecular flexibility index (Phi) is 5.03. The van der Waals surface area contributed by atoms with Crippen LogP contribution < -0.4 is 15.8 Å². The molecule has 8 nitrogen and oxygen atoms in total. The van der Waals surface area contributed by atoms with Gasteiger partial charge in [-0.1, -0.05) is 0 Å². The predicted octanol–water partition coefficient (Wildman–Crippen LogP) is 4.04. The molecule has 3 N–H and O–H groups in total. The Morgan fingerprint density at radius 2 is 2.00 bits per heavy atom. The first-order chi connectivity index (χ1) is 15.2. The van der Waals surface area contributed by atoms with Crippen LogP contribution in [0.15, 0.2) is 24.5 Å². The fourth-order valence-corrected chi connectivity index (χ4v) is 5.43. The molecule has 0 bridgehead atoms. The number of hydrogen-bond donors (Lipinski definition) is 2. The highest BCUT2D eigenvalue weighted by molar-refractivity contribution is 7.20. The Morgan fingerprint density at radius 3 is 2.69 bits per heavy atom. The number of aromatic nitrogens is 2. The molecule has 0 spiro atoms. The van der Waals surface area contributed by atoms with Gasteiger partial charge in [0.1, 0.15) is 34.6 Å². The van der Waals surface area contributed by atoms with Crippen molar-refractivity contribution in [1.82, 2.24) is 9.97 Å². The van der Waals surface area contributed by atoms with Crippen molar-refractivity contribution in [2.45, 2.75) is 57.7 Å². The van der Waals surface area contributed by atoms with Crippen LogP contribution >= 0.6 is 11.3 Å². The van der Waals surface area contributed by atoms with E-state index in [0.29, 0.717) is 50.8 Å². The zero-order valence-electron chi connectivity index (χ0n) is 17.8. The maximum Gasteiger partial charge on any atom is 0.259 e. The van der Waals surface area contributed by atoms with E-state index in [0.717, 1.165) is 0 Å². The van der Waals surface area contributed by atoms with Crippen molar-refractivity contribution in [2.75, 3.05) is 5.32 Å². The molecule has 2 unspecified atom stereocenters. The summed E-state index contributed by atoms with van der Waals surface area (Å²) in [4.78, 5) is 21.4. The van der Waals surface area contributed by atoms with Gasteiger partial charge in [0.2, 0.25) is 0 Å². The van der Waals surface area contributed by atoms with Gasteiger partial charge in [-0.05, 0) is 38.5 Å². The van der Waals surface area contributed by atoms with Gasteiger partial charge in [-0.2, -0.15) is 0 Å². The molecule has 1 saturated carbocycles. The van der Waals surface area contributed by atoms with Gasteiger partial charge < -0.3 is 25.3 Å². The maximum absolute atomic E-state index is 14.1. The first kappa shape index (κ1) is 21.0. The van der Waals surface area contributed by atoms with Crippen molar-refractivity contribution < 1.29 is 23.4 Å². The standard InChI is InChI=1S/C22H23FN4O4S/c1-10-17-20(25-9-26-21(17)32-18(10)19(24)28)27-13-5-4-11(23)6-14(13)29-12-7-15-16(8-12)31-22(2,3)30-15/h4-6,9,12,15-16H,7-8H2,1-3H3,(H2,24,28)(H,25,26,27). The van der Waals surface area contributed by atoms with E-state index in [4.69, 9.17) is 19.9 Å². The average Bonchev–Trinajstić information content (AvgIpc) is 3.32. The van der Waals surface area contributed by atoms with Crippen molar-refractivity contribution in [3.8, 4) is 5.75 Å². The molecule has 3 aromatic rings. The van der Waals surface area contributed by atoms with Gasteiger partial charge >= 0.3 is 0 Å². The second-order valence-corrected chi connectivity index (χ2v) is 9.51. The number of rotatable bonds is 5. The van der Waals surface area contributed by atoms with Crippen LogP contribution in [0.5, 0.6) is 5.75 Å². The number of fused-ring (bicyclic) bond motifs is 2. The van der Waals surface area contributed by atoms with E-state index in [1.54, 1.807) is 13.0 Å². The van der Waals surface area contributed by atoms with Gasteiger partial charge in [-0.25, -0.2) is 14.4 Å². The number of halogens is 1. The number of nitrogens with one attached hydrogen (secondary N) is 1. The monoisotopic (exact) mass is 458 g/mol. The number of amides is 1. The number of carbonyl (C=O) groups excluding carboxylic acids is 1. The second kappa shape index (κ2) is 7.65. The normalized spacial score (nSPS) is 23.9. The minimum Gasteiger partial charge on any atom is -0.488 e. The number of benzene rings is 1. The summed E-state index contributed by atoms with van der Waals surface area (Å²) in [6.07, 6.45) is 2.48. The molecule has 1 aromatic carbocycles. The van der Waals surface area contributed by atoms with Crippen molar-refractivity contribution >= 4 is 39.0 Å². The third kappa shape index (κ3) is 3.78. The Hall–Kier alpha value is -2.82. The minimum atomic E-state index is -0.591. The van der Waals surface area contributed by atoms with Crippen LogP contribution in [0.3, 0.4) is 0 Å². The lowest BCUT2D eigenvalue weighted by Crippen LogP contribution is -2.25. The number of thiophene rings is 1. The van der Waals surface area contributed by atoms with Gasteiger partial charge in [-0.3, -0.25) is 4.79 Å². The molecular weight excluding hydrogens is 435 g/mol. The van der Waals surface area contributed by atoms with Crippen LogP contribution in [0.25, 0.3) is 10.2 Å². The summed E-state index contributed by atoms with van der Waals surface area (Å²) < 4.78 is 32.1. The highest BCUT2D eigenvalue weighted by Crippen LogP contribution is 2.41. The maximum atomic E-state index is 14.1. The highest BCUT2D eigenvalue weighted by Gasteiger charge is 2.48. The molecule has 168 valence electrons. The molecule has 0 radical (unpaired) electrons. The van der Waals surface area contributed by atoms with E-state index >= 15 is 0 Å². The van der Waals surface area contributed by atoms with E-state index in [1.807, 2.05) is 13.8 Å². The predicted molar refractivity (Wildman–Crippen MR) is 118 cm³/mol. The van der Waals surface area contributed by atoms with Crippen LogP contribution in [0, 0.1) is 12.7 Å². The number of primary amides is 1. The minimum absolute atomic E-state index is 0.0397. The molecular formula is C22H23FN4O4S. The summed E-state index contributed by atoms with van der Waals surface area (Å²) in [5, 5.41) is 3.92. The smallest absolute Gasteiger partial charge is 0.259 e. The number of aryl methyl sites for hydroxylation is 1. The summed E-state index contributed by atoms with van der Waals surface area (Å²) >= 11 is 1.21. The van der Waals surface area contributed by atoms with Gasteiger partial charge in [0.05, 0.1) is 28.2 Å². The third-order valence-electron chi connectivity index (χ3n) is 5.72. The second-order valence-electron chi connectivity index (χ2n) is 8.51. The van der Waals surface area contributed by atoms with Crippen LogP contribution in [0.2, 0.25) is 0 Å². The number of nitrogens with zero attached hydrogens (tertiary/aromatic N) is 2. The van der Waals surface area contributed by atoms with Crippen molar-refractivity contribution in [3.05, 3.63) is 40.8 Å². The topological polar surface area (TPSA) is 109 Å². The lowest BCUT2D eigenvalue weighted by molar-refractivity contribution is -0.155. The van der Waals surface area contributed by atoms with Crippen molar-refractivity contribution in [1.29, 1.82) is 0 Å². The first-order valence-corrected chi connectivity index (χ1v) is 11.1. The molecule has 2 fully saturated rings. The Bertz CT molecular complexity index is 1200. The Labute approximate surface area is 187 Å². The fraction of sp³-hybridized carbons (Fsp3) is 0.409. The molecule has 5 rings (SSSR count). The molecule has 2 atom stereocenters. The third-order valence-corrected chi connectivity index (χ3v) is 6.93. The molecule has 2 aromatic heterocycles. The summed E-state index contributed by atoms with van der Waals surface area (Å²) in [6.45, 7) is 5.59. The number of carbonyl (C=O) groups is 1. The van der Waals surface area contributed by atoms with E-state index in [9.17, 15) is 9.18 Å². The average molecular weight is 459 g/mol. The summed E-state index contributed by atoms with van der Waals surface area (Å²) in [6, 6.07) is 4.29. The Balaban J connectivity index is 1.42. The molecule has 1 aliphatic carbocycles. The van der Waals surface area contributed by atoms with Gasteiger partial charge in [0.25, 0.3) is 5.91 Å².